The second kappa shape index (κ2) is 6.35. The molecule has 25 heavy (non-hydrogen) atoms. The van der Waals surface area contributed by atoms with E-state index in [9.17, 15) is 0 Å². The fourth-order valence-electron chi connectivity index (χ4n) is 2.45. The van der Waals surface area contributed by atoms with Gasteiger partial charge in [0, 0.05) is 23.7 Å². The molecule has 4 rings (SSSR count). The lowest BCUT2D eigenvalue weighted by Crippen LogP contribution is -2.04. The van der Waals surface area contributed by atoms with E-state index in [0.29, 0.717) is 24.0 Å². The van der Waals surface area contributed by atoms with Gasteiger partial charge in [-0.05, 0) is 31.5 Å². The molecule has 3 heterocycles. The number of hydrogen-bond acceptors (Lipinski definition) is 7. The van der Waals surface area contributed by atoms with Gasteiger partial charge in [0.2, 0.25) is 12.7 Å². The second-order valence-corrected chi connectivity index (χ2v) is 5.63. The lowest BCUT2D eigenvalue weighted by Gasteiger charge is -2.11. The number of aryl methyl sites for hydroxylation is 1. The molecule has 1 aliphatic heterocycles. The molecular formula is C18H16N4O3. The van der Waals surface area contributed by atoms with Gasteiger partial charge in [-0.3, -0.25) is 4.98 Å². The van der Waals surface area contributed by atoms with Crippen molar-refractivity contribution < 1.29 is 14.2 Å². The Morgan fingerprint density at radius 1 is 1.08 bits per heavy atom. The standard InChI is InChI=1S/C18H16N4O3/c1-11-12(2)21-17(14-8-19-5-6-20-14)22-18(11)23-9-13-3-4-15-16(7-13)25-10-24-15/h3-8H,9-10H2,1-2H3. The van der Waals surface area contributed by atoms with E-state index in [0.717, 1.165) is 28.3 Å². The molecule has 0 aliphatic carbocycles. The van der Waals surface area contributed by atoms with Crippen molar-refractivity contribution in [2.24, 2.45) is 0 Å². The van der Waals surface area contributed by atoms with Gasteiger partial charge in [0.25, 0.3) is 0 Å². The molecule has 1 aliphatic rings. The number of nitrogens with zero attached hydrogens (tertiary/aromatic N) is 4. The van der Waals surface area contributed by atoms with Crippen LogP contribution in [-0.4, -0.2) is 26.7 Å². The van der Waals surface area contributed by atoms with E-state index in [1.54, 1.807) is 18.6 Å². The summed E-state index contributed by atoms with van der Waals surface area (Å²) in [4.78, 5) is 17.3. The Hall–Kier alpha value is -3.22. The van der Waals surface area contributed by atoms with Crippen molar-refractivity contribution >= 4 is 0 Å². The zero-order valence-corrected chi connectivity index (χ0v) is 13.9. The van der Waals surface area contributed by atoms with Gasteiger partial charge < -0.3 is 14.2 Å². The number of fused-ring (bicyclic) bond motifs is 1. The van der Waals surface area contributed by atoms with Gasteiger partial charge in [-0.1, -0.05) is 6.07 Å². The third-order valence-corrected chi connectivity index (χ3v) is 3.95. The maximum Gasteiger partial charge on any atom is 0.231 e. The highest BCUT2D eigenvalue weighted by Crippen LogP contribution is 2.33. The summed E-state index contributed by atoms with van der Waals surface area (Å²) in [5.41, 5.74) is 3.32. The van der Waals surface area contributed by atoms with E-state index in [1.807, 2.05) is 32.0 Å². The Morgan fingerprint density at radius 3 is 2.80 bits per heavy atom. The maximum atomic E-state index is 5.93. The molecule has 7 heteroatoms. The Labute approximate surface area is 144 Å². The first-order valence-corrected chi connectivity index (χ1v) is 7.83. The molecule has 0 spiro atoms. The SMILES string of the molecule is Cc1nc(-c2cnccn2)nc(OCc2ccc3c(c2)OCO3)c1C. The number of ether oxygens (including phenoxy) is 3. The smallest absolute Gasteiger partial charge is 0.231 e. The molecular weight excluding hydrogens is 320 g/mol. The zero-order valence-electron chi connectivity index (χ0n) is 13.9. The minimum Gasteiger partial charge on any atom is -0.473 e. The van der Waals surface area contributed by atoms with Crippen LogP contribution < -0.4 is 14.2 Å². The summed E-state index contributed by atoms with van der Waals surface area (Å²) in [6.07, 6.45) is 4.86. The number of hydrogen-bond donors (Lipinski definition) is 0. The minimum atomic E-state index is 0.255. The molecule has 0 N–H and O–H groups in total. The summed E-state index contributed by atoms with van der Waals surface area (Å²) < 4.78 is 16.6. The Morgan fingerprint density at radius 2 is 1.96 bits per heavy atom. The summed E-state index contributed by atoms with van der Waals surface area (Å²) >= 11 is 0. The summed E-state index contributed by atoms with van der Waals surface area (Å²) in [5, 5.41) is 0. The van der Waals surface area contributed by atoms with Gasteiger partial charge in [-0.25, -0.2) is 9.97 Å². The Balaban J connectivity index is 1.58. The normalized spacial score (nSPS) is 12.2. The van der Waals surface area contributed by atoms with Crippen molar-refractivity contribution in [2.75, 3.05) is 6.79 Å². The van der Waals surface area contributed by atoms with Crippen molar-refractivity contribution in [1.82, 2.24) is 19.9 Å². The van der Waals surface area contributed by atoms with Crippen molar-refractivity contribution in [3.63, 3.8) is 0 Å². The Bertz CT molecular complexity index is 916. The van der Waals surface area contributed by atoms with Crippen molar-refractivity contribution in [3.05, 3.63) is 53.6 Å². The van der Waals surface area contributed by atoms with E-state index in [2.05, 4.69) is 19.9 Å². The molecule has 3 aromatic rings. The van der Waals surface area contributed by atoms with Crippen molar-refractivity contribution in [1.29, 1.82) is 0 Å². The van der Waals surface area contributed by atoms with Crippen LogP contribution in [0.5, 0.6) is 17.4 Å². The number of aromatic nitrogens is 4. The average Bonchev–Trinajstić information content (AvgIpc) is 3.11. The van der Waals surface area contributed by atoms with Gasteiger partial charge in [-0.2, -0.15) is 4.98 Å². The highest BCUT2D eigenvalue weighted by atomic mass is 16.7. The van der Waals surface area contributed by atoms with Crippen molar-refractivity contribution in [2.45, 2.75) is 20.5 Å². The molecule has 2 aromatic heterocycles. The number of rotatable bonds is 4. The molecule has 0 saturated heterocycles. The van der Waals surface area contributed by atoms with Crippen LogP contribution in [0.15, 0.2) is 36.8 Å². The van der Waals surface area contributed by atoms with Gasteiger partial charge in [0.1, 0.15) is 12.3 Å². The third kappa shape index (κ3) is 3.08. The molecule has 0 saturated carbocycles. The van der Waals surface area contributed by atoms with Crippen LogP contribution in [0.25, 0.3) is 11.5 Å². The second-order valence-electron chi connectivity index (χ2n) is 5.63. The molecule has 0 amide bonds. The lowest BCUT2D eigenvalue weighted by atomic mass is 10.2. The van der Waals surface area contributed by atoms with Crippen LogP contribution in [-0.2, 0) is 6.61 Å². The highest BCUT2D eigenvalue weighted by Gasteiger charge is 2.15. The van der Waals surface area contributed by atoms with E-state index in [-0.39, 0.29) is 6.79 Å². The van der Waals surface area contributed by atoms with Gasteiger partial charge in [0.15, 0.2) is 17.3 Å². The molecule has 1 aromatic carbocycles. The third-order valence-electron chi connectivity index (χ3n) is 3.95. The van der Waals surface area contributed by atoms with Gasteiger partial charge in [0.05, 0.1) is 6.20 Å². The fraction of sp³-hybridized carbons (Fsp3) is 0.222. The molecule has 0 unspecified atom stereocenters. The molecule has 126 valence electrons. The summed E-state index contributed by atoms with van der Waals surface area (Å²) in [7, 11) is 0. The lowest BCUT2D eigenvalue weighted by molar-refractivity contribution is 0.174. The van der Waals surface area contributed by atoms with E-state index >= 15 is 0 Å². The predicted molar refractivity (Wildman–Crippen MR) is 89.4 cm³/mol. The largest absolute Gasteiger partial charge is 0.473 e. The fourth-order valence-corrected chi connectivity index (χ4v) is 2.45. The Kier molecular flexibility index (Phi) is 3.89. The molecule has 0 fully saturated rings. The molecule has 0 bridgehead atoms. The van der Waals surface area contributed by atoms with Crippen LogP contribution in [0.1, 0.15) is 16.8 Å². The van der Waals surface area contributed by atoms with Gasteiger partial charge in [-0.15, -0.1) is 0 Å². The van der Waals surface area contributed by atoms with E-state index < -0.39 is 0 Å². The molecule has 7 nitrogen and oxygen atoms in total. The zero-order chi connectivity index (χ0) is 17.2. The van der Waals surface area contributed by atoms with Crippen LogP contribution >= 0.6 is 0 Å². The molecule has 0 radical (unpaired) electrons. The van der Waals surface area contributed by atoms with E-state index in [1.165, 1.54) is 0 Å². The van der Waals surface area contributed by atoms with E-state index in [4.69, 9.17) is 14.2 Å². The monoisotopic (exact) mass is 336 g/mol. The summed E-state index contributed by atoms with van der Waals surface area (Å²) in [5.74, 6) is 2.52. The quantitative estimate of drug-likeness (QED) is 0.725. The van der Waals surface area contributed by atoms with Crippen LogP contribution in [0, 0.1) is 13.8 Å². The minimum absolute atomic E-state index is 0.255. The highest BCUT2D eigenvalue weighted by molar-refractivity contribution is 5.50. The predicted octanol–water partition coefficient (Wildman–Crippen LogP) is 2.86. The van der Waals surface area contributed by atoms with Gasteiger partial charge >= 0.3 is 0 Å². The summed E-state index contributed by atoms with van der Waals surface area (Å²) in [6, 6.07) is 5.74. The maximum absolute atomic E-state index is 5.93. The topological polar surface area (TPSA) is 79.3 Å². The first-order chi connectivity index (χ1) is 12.2. The summed E-state index contributed by atoms with van der Waals surface area (Å²) in [6.45, 7) is 4.48. The first-order valence-electron chi connectivity index (χ1n) is 7.83. The van der Waals surface area contributed by atoms with Crippen LogP contribution in [0.4, 0.5) is 0 Å². The van der Waals surface area contributed by atoms with Crippen molar-refractivity contribution in [3.8, 4) is 28.9 Å². The number of benzene rings is 1. The molecule has 0 atom stereocenters. The van der Waals surface area contributed by atoms with Crippen LogP contribution in [0.2, 0.25) is 0 Å². The van der Waals surface area contributed by atoms with Crippen LogP contribution in [0.3, 0.4) is 0 Å². The first kappa shape index (κ1) is 15.3. The average molecular weight is 336 g/mol.